The van der Waals surface area contributed by atoms with Crippen LogP contribution in [0, 0.1) is 0 Å². The number of nitrogens with zero attached hydrogens (tertiary/aromatic N) is 2. The van der Waals surface area contributed by atoms with Gasteiger partial charge in [0.1, 0.15) is 0 Å². The lowest BCUT2D eigenvalue weighted by atomic mass is 10.1. The van der Waals surface area contributed by atoms with Gasteiger partial charge in [-0.05, 0) is 25.2 Å². The first-order valence-corrected chi connectivity index (χ1v) is 6.74. The molecule has 1 amide bonds. The highest BCUT2D eigenvalue weighted by Crippen LogP contribution is 2.11. The minimum Gasteiger partial charge on any atom is -0.306 e. The summed E-state index contributed by atoms with van der Waals surface area (Å²) in [6, 6.07) is 7.28. The van der Waals surface area contributed by atoms with Crippen LogP contribution in [0.1, 0.15) is 23.2 Å². The van der Waals surface area contributed by atoms with Gasteiger partial charge in [-0.15, -0.1) is 0 Å². The third-order valence-electron chi connectivity index (χ3n) is 2.97. The third-order valence-corrected chi connectivity index (χ3v) is 3.46. The highest BCUT2D eigenvalue weighted by molar-refractivity contribution is 9.10. The normalized spacial score (nSPS) is 16.4. The van der Waals surface area contributed by atoms with E-state index in [0.717, 1.165) is 36.1 Å². The Bertz CT molecular complexity index is 463. The summed E-state index contributed by atoms with van der Waals surface area (Å²) < 4.78 is 0.891. The van der Waals surface area contributed by atoms with Crippen molar-refractivity contribution in [3.05, 3.63) is 34.3 Å². The van der Waals surface area contributed by atoms with Gasteiger partial charge in [0.2, 0.25) is 0 Å². The van der Waals surface area contributed by atoms with E-state index in [1.165, 1.54) is 0 Å². The zero-order valence-electron chi connectivity index (χ0n) is 10.3. The van der Waals surface area contributed by atoms with Crippen molar-refractivity contribution < 1.29 is 4.79 Å². The Kier molecular flexibility index (Phi) is 4.49. The van der Waals surface area contributed by atoms with Gasteiger partial charge in [-0.1, -0.05) is 22.0 Å². The Balaban J connectivity index is 1.94. The van der Waals surface area contributed by atoms with E-state index in [4.69, 9.17) is 0 Å². The summed E-state index contributed by atoms with van der Waals surface area (Å²) >= 11 is 3.34. The number of amides is 1. The number of hydrogen-bond donors (Lipinski definition) is 1. The van der Waals surface area contributed by atoms with Gasteiger partial charge in [0, 0.05) is 41.7 Å². The molecular weight excluding hydrogens is 294 g/mol. The van der Waals surface area contributed by atoms with E-state index in [0.29, 0.717) is 5.56 Å². The van der Waals surface area contributed by atoms with Crippen molar-refractivity contribution in [1.29, 1.82) is 0 Å². The number of likely N-dealkylation sites (tertiary alicyclic amines) is 1. The molecule has 1 heterocycles. The van der Waals surface area contributed by atoms with Gasteiger partial charge in [0.25, 0.3) is 5.91 Å². The van der Waals surface area contributed by atoms with Crippen LogP contribution in [0.3, 0.4) is 0 Å². The first-order chi connectivity index (χ1) is 8.65. The third kappa shape index (κ3) is 3.65. The summed E-state index contributed by atoms with van der Waals surface area (Å²) in [5, 5.41) is 4.20. The van der Waals surface area contributed by atoms with E-state index in [9.17, 15) is 4.79 Å². The van der Waals surface area contributed by atoms with Crippen molar-refractivity contribution in [2.24, 2.45) is 5.10 Å². The quantitative estimate of drug-likeness (QED) is 0.852. The highest BCUT2D eigenvalue weighted by atomic mass is 79.9. The van der Waals surface area contributed by atoms with Crippen molar-refractivity contribution in [1.82, 2.24) is 10.3 Å². The lowest BCUT2D eigenvalue weighted by Gasteiger charge is -2.22. The molecule has 1 aliphatic rings. The average molecular weight is 310 g/mol. The van der Waals surface area contributed by atoms with Gasteiger partial charge in [-0.25, -0.2) is 5.43 Å². The maximum Gasteiger partial charge on any atom is 0.271 e. The molecule has 0 radical (unpaired) electrons. The molecule has 4 nitrogen and oxygen atoms in total. The minimum absolute atomic E-state index is 0.164. The molecule has 1 aromatic carbocycles. The number of halogens is 1. The van der Waals surface area contributed by atoms with E-state index in [1.54, 1.807) is 12.1 Å². The van der Waals surface area contributed by atoms with Gasteiger partial charge in [-0.3, -0.25) is 4.79 Å². The fourth-order valence-corrected chi connectivity index (χ4v) is 2.21. The zero-order chi connectivity index (χ0) is 13.0. The van der Waals surface area contributed by atoms with Crippen LogP contribution in [-0.4, -0.2) is 36.7 Å². The van der Waals surface area contributed by atoms with E-state index in [1.807, 2.05) is 12.1 Å². The Morgan fingerprint density at radius 2 is 2.11 bits per heavy atom. The van der Waals surface area contributed by atoms with E-state index < -0.39 is 0 Å². The van der Waals surface area contributed by atoms with Crippen LogP contribution >= 0.6 is 15.9 Å². The van der Waals surface area contributed by atoms with Crippen molar-refractivity contribution in [3.63, 3.8) is 0 Å². The number of hydrogen-bond acceptors (Lipinski definition) is 3. The number of benzene rings is 1. The largest absolute Gasteiger partial charge is 0.306 e. The van der Waals surface area contributed by atoms with Gasteiger partial charge in [0.05, 0.1) is 0 Å². The molecule has 18 heavy (non-hydrogen) atoms. The summed E-state index contributed by atoms with van der Waals surface area (Å²) in [5.74, 6) is -0.164. The minimum atomic E-state index is -0.164. The Hall–Kier alpha value is -1.20. The molecule has 2 rings (SSSR count). The van der Waals surface area contributed by atoms with Gasteiger partial charge >= 0.3 is 0 Å². The highest BCUT2D eigenvalue weighted by Gasteiger charge is 2.12. The average Bonchev–Trinajstić information content (AvgIpc) is 2.38. The second-order valence-electron chi connectivity index (χ2n) is 4.43. The molecule has 0 aromatic heterocycles. The second-order valence-corrected chi connectivity index (χ2v) is 5.35. The van der Waals surface area contributed by atoms with Crippen molar-refractivity contribution in [2.45, 2.75) is 12.8 Å². The molecule has 0 aliphatic carbocycles. The molecule has 1 N–H and O–H groups in total. The summed E-state index contributed by atoms with van der Waals surface area (Å²) in [5.41, 5.74) is 4.30. The first-order valence-electron chi connectivity index (χ1n) is 5.95. The maximum atomic E-state index is 11.9. The Morgan fingerprint density at radius 1 is 1.39 bits per heavy atom. The Morgan fingerprint density at radius 3 is 2.78 bits per heavy atom. The fourth-order valence-electron chi connectivity index (χ4n) is 1.81. The van der Waals surface area contributed by atoms with Crippen LogP contribution in [0.5, 0.6) is 0 Å². The van der Waals surface area contributed by atoms with Crippen molar-refractivity contribution in [3.8, 4) is 0 Å². The van der Waals surface area contributed by atoms with Crippen LogP contribution in [-0.2, 0) is 0 Å². The molecule has 5 heteroatoms. The molecule has 96 valence electrons. The summed E-state index contributed by atoms with van der Waals surface area (Å²) in [6.45, 7) is 2.01. The zero-order valence-corrected chi connectivity index (χ0v) is 11.9. The van der Waals surface area contributed by atoms with E-state index in [-0.39, 0.29) is 5.91 Å². The van der Waals surface area contributed by atoms with Crippen LogP contribution in [0.25, 0.3) is 0 Å². The number of carbonyl (C=O) groups excluding carboxylic acids is 1. The molecule has 1 fully saturated rings. The van der Waals surface area contributed by atoms with Gasteiger partial charge in [0.15, 0.2) is 0 Å². The summed E-state index contributed by atoms with van der Waals surface area (Å²) in [4.78, 5) is 14.1. The lowest BCUT2D eigenvalue weighted by Crippen LogP contribution is -2.32. The summed E-state index contributed by atoms with van der Waals surface area (Å²) in [7, 11) is 2.09. The molecule has 0 saturated carbocycles. The van der Waals surface area contributed by atoms with Crippen LogP contribution < -0.4 is 5.43 Å². The van der Waals surface area contributed by atoms with Crippen LogP contribution in [0.15, 0.2) is 33.8 Å². The number of carbonyl (C=O) groups is 1. The number of piperidine rings is 1. The topological polar surface area (TPSA) is 44.7 Å². The fraction of sp³-hybridized carbons (Fsp3) is 0.385. The smallest absolute Gasteiger partial charge is 0.271 e. The van der Waals surface area contributed by atoms with Crippen LogP contribution in [0.4, 0.5) is 0 Å². The number of nitrogens with one attached hydrogen (secondary N) is 1. The van der Waals surface area contributed by atoms with E-state index in [2.05, 4.69) is 38.4 Å². The monoisotopic (exact) mass is 309 g/mol. The molecule has 0 spiro atoms. The molecule has 1 aliphatic heterocycles. The van der Waals surface area contributed by atoms with Crippen molar-refractivity contribution in [2.75, 3.05) is 20.1 Å². The standard InChI is InChI=1S/C13H16BrN3O/c1-17-7-5-12(6-8-17)15-16-13(18)10-3-2-4-11(14)9-10/h2-4,9H,5-8H2,1H3,(H,16,18). The SMILES string of the molecule is CN1CCC(=NNC(=O)c2cccc(Br)c2)CC1. The molecule has 0 atom stereocenters. The number of rotatable bonds is 2. The predicted octanol–water partition coefficient (Wildman–Crippen LogP) is 2.26. The summed E-state index contributed by atoms with van der Waals surface area (Å²) in [6.07, 6.45) is 1.85. The van der Waals surface area contributed by atoms with Gasteiger partial charge < -0.3 is 4.90 Å². The Labute approximate surface area is 115 Å². The first kappa shape index (κ1) is 13.2. The molecule has 0 unspecified atom stereocenters. The molecule has 0 bridgehead atoms. The lowest BCUT2D eigenvalue weighted by molar-refractivity contribution is 0.0954. The maximum absolute atomic E-state index is 11.9. The molecule has 1 aromatic rings. The van der Waals surface area contributed by atoms with Crippen LogP contribution in [0.2, 0.25) is 0 Å². The molecule has 1 saturated heterocycles. The van der Waals surface area contributed by atoms with E-state index >= 15 is 0 Å². The number of hydrazone groups is 1. The van der Waals surface area contributed by atoms with Crippen molar-refractivity contribution >= 4 is 27.5 Å². The molecular formula is C13H16BrN3O. The van der Waals surface area contributed by atoms with Gasteiger partial charge in [-0.2, -0.15) is 5.10 Å². The second kappa shape index (κ2) is 6.11. The predicted molar refractivity (Wildman–Crippen MR) is 75.8 cm³/mol.